The van der Waals surface area contributed by atoms with Crippen LogP contribution >= 0.6 is 11.8 Å². The van der Waals surface area contributed by atoms with Crippen molar-refractivity contribution in [1.29, 1.82) is 0 Å². The first kappa shape index (κ1) is 34.5. The van der Waals surface area contributed by atoms with Crippen molar-refractivity contribution in [3.63, 3.8) is 0 Å². The summed E-state index contributed by atoms with van der Waals surface area (Å²) in [6.45, 7) is 31.1. The summed E-state index contributed by atoms with van der Waals surface area (Å²) in [5.41, 5.74) is 7.36. The van der Waals surface area contributed by atoms with Crippen LogP contribution in [0, 0.1) is 6.92 Å². The number of thioether (sulfide) groups is 1. The van der Waals surface area contributed by atoms with E-state index >= 15 is 0 Å². The van der Waals surface area contributed by atoms with Gasteiger partial charge < -0.3 is 4.90 Å². The quantitative estimate of drug-likeness (QED) is 0.130. The summed E-state index contributed by atoms with van der Waals surface area (Å²) in [6, 6.07) is 8.75. The van der Waals surface area contributed by atoms with E-state index in [1.807, 2.05) is 24.9 Å². The Morgan fingerprint density at radius 1 is 0.946 bits per heavy atom. The highest BCUT2D eigenvalue weighted by atomic mass is 32.2. The molecule has 0 aliphatic rings. The minimum absolute atomic E-state index is 0.816. The number of hydrogen-bond acceptors (Lipinski definition) is 3. The summed E-state index contributed by atoms with van der Waals surface area (Å²) in [4.78, 5) is 8.20. The average Bonchev–Trinajstić information content (AvgIpc) is 2.88. The van der Waals surface area contributed by atoms with Crippen molar-refractivity contribution >= 4 is 18.0 Å². The minimum atomic E-state index is 0.816. The zero-order valence-corrected chi connectivity index (χ0v) is 25.8. The van der Waals surface area contributed by atoms with Crippen LogP contribution in [0.1, 0.15) is 85.3 Å². The Labute approximate surface area is 233 Å². The second-order valence-electron chi connectivity index (χ2n) is 9.38. The predicted molar refractivity (Wildman–Crippen MR) is 172 cm³/mol. The van der Waals surface area contributed by atoms with Gasteiger partial charge in [-0.2, -0.15) is 0 Å². The molecule has 0 atom stereocenters. The molecule has 0 aliphatic carbocycles. The lowest BCUT2D eigenvalue weighted by Crippen LogP contribution is -2.23. The standard InChI is InChI=1S/C29H42N2S.C5H10/c1-9-17-31(18-10-2)26(8)30-21-27(11-3)20-29(12-4)24(6)19-25(7)32-22-28-15-13-23(5)14-16-28;1-4-5(2)3/h11-16,19,21H,6,8-10,17-18,20,22H2,1-5,7H3;2,4H2,1,3H3/b25-19+,27-11-,29-12-,30-21-;. The average molecular weight is 521 g/mol. The van der Waals surface area contributed by atoms with Crippen LogP contribution in [-0.2, 0) is 5.75 Å². The van der Waals surface area contributed by atoms with Crippen LogP contribution in [0.2, 0.25) is 0 Å². The number of nitrogens with zero attached hydrogens (tertiary/aromatic N) is 2. The highest BCUT2D eigenvalue weighted by Crippen LogP contribution is 2.26. The van der Waals surface area contributed by atoms with E-state index in [2.05, 4.69) is 121 Å². The Morgan fingerprint density at radius 2 is 1.51 bits per heavy atom. The van der Waals surface area contributed by atoms with Gasteiger partial charge in [0.1, 0.15) is 5.82 Å². The molecule has 0 aromatic heterocycles. The Morgan fingerprint density at radius 3 is 1.97 bits per heavy atom. The molecule has 2 nitrogen and oxygen atoms in total. The van der Waals surface area contributed by atoms with Crippen LogP contribution in [0.4, 0.5) is 0 Å². The second-order valence-corrected chi connectivity index (χ2v) is 10.6. The fourth-order valence-corrected chi connectivity index (χ4v) is 4.07. The maximum atomic E-state index is 4.67. The molecule has 1 rings (SSSR count). The molecule has 0 saturated carbocycles. The van der Waals surface area contributed by atoms with Crippen molar-refractivity contribution in [3.8, 4) is 0 Å². The lowest BCUT2D eigenvalue weighted by atomic mass is 9.99. The third kappa shape index (κ3) is 16.0. The van der Waals surface area contributed by atoms with E-state index in [0.717, 1.165) is 55.9 Å². The highest BCUT2D eigenvalue weighted by Gasteiger charge is 2.06. The fourth-order valence-electron chi connectivity index (χ4n) is 3.25. The number of allylic oxidation sites excluding steroid dienone is 8. The molecular weight excluding hydrogens is 468 g/mol. The van der Waals surface area contributed by atoms with Gasteiger partial charge in [-0.05, 0) is 93.6 Å². The summed E-state index contributed by atoms with van der Waals surface area (Å²) in [7, 11) is 0. The summed E-state index contributed by atoms with van der Waals surface area (Å²) >= 11 is 1.86. The second kappa shape index (κ2) is 20.5. The largest absolute Gasteiger partial charge is 0.357 e. The first-order chi connectivity index (χ1) is 17.6. The van der Waals surface area contributed by atoms with Crippen molar-refractivity contribution in [2.45, 2.75) is 86.8 Å². The Hall–Kier alpha value is -2.52. The Kier molecular flexibility index (Phi) is 19.1. The molecular formula is C34H52N2S. The summed E-state index contributed by atoms with van der Waals surface area (Å²) in [6.07, 6.45) is 12.6. The first-order valence-electron chi connectivity index (χ1n) is 13.6. The van der Waals surface area contributed by atoms with Crippen LogP contribution in [-0.4, -0.2) is 24.2 Å². The van der Waals surface area contributed by atoms with Crippen LogP contribution < -0.4 is 0 Å². The minimum Gasteiger partial charge on any atom is -0.357 e. The van der Waals surface area contributed by atoms with Gasteiger partial charge >= 0.3 is 0 Å². The first-order valence-corrected chi connectivity index (χ1v) is 14.6. The third-order valence-corrected chi connectivity index (χ3v) is 6.88. The van der Waals surface area contributed by atoms with Gasteiger partial charge in [-0.15, -0.1) is 18.3 Å². The van der Waals surface area contributed by atoms with E-state index in [1.165, 1.54) is 32.8 Å². The van der Waals surface area contributed by atoms with E-state index in [-0.39, 0.29) is 0 Å². The van der Waals surface area contributed by atoms with Crippen molar-refractivity contribution in [2.75, 3.05) is 13.1 Å². The van der Waals surface area contributed by atoms with E-state index < -0.39 is 0 Å². The molecule has 1 aromatic rings. The normalized spacial score (nSPS) is 12.3. The van der Waals surface area contributed by atoms with Gasteiger partial charge in [0.2, 0.25) is 0 Å². The molecule has 37 heavy (non-hydrogen) atoms. The molecule has 0 N–H and O–H groups in total. The summed E-state index contributed by atoms with van der Waals surface area (Å²) in [5, 5.41) is 0. The van der Waals surface area contributed by atoms with Gasteiger partial charge in [0.25, 0.3) is 0 Å². The lowest BCUT2D eigenvalue weighted by Gasteiger charge is -2.22. The molecule has 204 valence electrons. The molecule has 1 aromatic carbocycles. The molecule has 0 amide bonds. The van der Waals surface area contributed by atoms with Crippen molar-refractivity contribution in [2.24, 2.45) is 4.99 Å². The smallest absolute Gasteiger partial charge is 0.121 e. The molecule has 3 heteroatoms. The zero-order valence-electron chi connectivity index (χ0n) is 25.0. The zero-order chi connectivity index (χ0) is 28.2. The van der Waals surface area contributed by atoms with Crippen molar-refractivity contribution in [3.05, 3.63) is 106 Å². The van der Waals surface area contributed by atoms with Crippen LogP contribution in [0.5, 0.6) is 0 Å². The number of aliphatic imine (C=N–C) groups is 1. The molecule has 0 radical (unpaired) electrons. The number of aryl methyl sites for hydroxylation is 1. The summed E-state index contributed by atoms with van der Waals surface area (Å²) in [5.74, 6) is 1.82. The maximum Gasteiger partial charge on any atom is 0.121 e. The molecule has 0 bridgehead atoms. The fraction of sp³-hybridized carbons (Fsp3) is 0.441. The maximum absolute atomic E-state index is 4.67. The molecule has 0 saturated heterocycles. The van der Waals surface area contributed by atoms with E-state index in [1.54, 1.807) is 0 Å². The highest BCUT2D eigenvalue weighted by molar-refractivity contribution is 8.02. The lowest BCUT2D eigenvalue weighted by molar-refractivity contribution is 0.343. The van der Waals surface area contributed by atoms with Crippen LogP contribution in [0.15, 0.2) is 100 Å². The topological polar surface area (TPSA) is 15.6 Å². The molecule has 0 heterocycles. The Bertz CT molecular complexity index is 952. The van der Waals surface area contributed by atoms with Gasteiger partial charge in [0.15, 0.2) is 0 Å². The van der Waals surface area contributed by atoms with Gasteiger partial charge in [-0.25, -0.2) is 4.99 Å². The number of hydrogen-bond donors (Lipinski definition) is 0. The van der Waals surface area contributed by atoms with Crippen molar-refractivity contribution in [1.82, 2.24) is 4.90 Å². The molecule has 0 spiro atoms. The van der Waals surface area contributed by atoms with Gasteiger partial charge in [-0.3, -0.25) is 0 Å². The summed E-state index contributed by atoms with van der Waals surface area (Å²) < 4.78 is 0. The third-order valence-electron chi connectivity index (χ3n) is 5.83. The van der Waals surface area contributed by atoms with Gasteiger partial charge in [0, 0.05) is 25.1 Å². The van der Waals surface area contributed by atoms with Crippen LogP contribution in [0.25, 0.3) is 0 Å². The van der Waals surface area contributed by atoms with E-state index in [0.29, 0.717) is 0 Å². The molecule has 0 fully saturated rings. The number of rotatable bonds is 15. The Balaban J connectivity index is 0.00000235. The monoisotopic (exact) mass is 520 g/mol. The van der Waals surface area contributed by atoms with E-state index in [9.17, 15) is 0 Å². The predicted octanol–water partition coefficient (Wildman–Crippen LogP) is 10.6. The number of benzene rings is 1. The SMILES string of the molecule is C=C(/C=C(\C)SCc1ccc(C)cc1)/C(=C\C)CC(/C=N\C(=C)N(CCC)CCC)=C/C.C=C(C)CC. The molecule has 0 aliphatic heterocycles. The van der Waals surface area contributed by atoms with Crippen molar-refractivity contribution < 1.29 is 0 Å². The van der Waals surface area contributed by atoms with Gasteiger partial charge in [0.05, 0.1) is 0 Å². The van der Waals surface area contributed by atoms with Gasteiger partial charge in [-0.1, -0.05) is 81.5 Å². The molecule has 0 unspecified atom stereocenters. The van der Waals surface area contributed by atoms with E-state index in [4.69, 9.17) is 0 Å². The van der Waals surface area contributed by atoms with Crippen LogP contribution in [0.3, 0.4) is 0 Å².